The molecule has 0 bridgehead atoms. The van der Waals surface area contributed by atoms with E-state index in [-0.39, 0.29) is 24.6 Å². The normalized spacial score (nSPS) is 11.1. The van der Waals surface area contributed by atoms with Gasteiger partial charge in [0, 0.05) is 24.3 Å². The third-order valence-electron chi connectivity index (χ3n) is 4.13. The second kappa shape index (κ2) is 8.64. The monoisotopic (exact) mass is 401 g/mol. The van der Waals surface area contributed by atoms with Gasteiger partial charge in [0.25, 0.3) is 5.91 Å². The van der Waals surface area contributed by atoms with E-state index in [4.69, 9.17) is 0 Å². The molecule has 29 heavy (non-hydrogen) atoms. The van der Waals surface area contributed by atoms with Crippen LogP contribution in [-0.4, -0.2) is 23.3 Å². The second-order valence-electron chi connectivity index (χ2n) is 6.26. The molecule has 8 heteroatoms. The Kier molecular flexibility index (Phi) is 6.01. The molecule has 0 aliphatic carbocycles. The number of aromatic amines is 1. The minimum absolute atomic E-state index is 0.0752. The van der Waals surface area contributed by atoms with E-state index >= 15 is 0 Å². The van der Waals surface area contributed by atoms with Crippen molar-refractivity contribution in [3.8, 4) is 11.3 Å². The lowest BCUT2D eigenvalue weighted by Crippen LogP contribution is -2.29. The van der Waals surface area contributed by atoms with Crippen molar-refractivity contribution < 1.29 is 22.8 Å². The van der Waals surface area contributed by atoms with Crippen molar-refractivity contribution in [2.75, 3.05) is 11.9 Å². The molecule has 1 heterocycles. The van der Waals surface area contributed by atoms with Gasteiger partial charge in [-0.25, -0.2) is 0 Å². The molecule has 0 aliphatic heterocycles. The molecule has 1 aromatic heterocycles. The molecule has 0 spiro atoms. The summed E-state index contributed by atoms with van der Waals surface area (Å²) >= 11 is 0. The maximum atomic E-state index is 13.4. The zero-order chi connectivity index (χ0) is 20.9. The number of amides is 2. The number of aromatic nitrogens is 1. The van der Waals surface area contributed by atoms with Crippen molar-refractivity contribution in [1.82, 2.24) is 10.3 Å². The Morgan fingerprint density at radius 2 is 1.55 bits per heavy atom. The number of para-hydroxylation sites is 1. The zero-order valence-electron chi connectivity index (χ0n) is 15.2. The van der Waals surface area contributed by atoms with Crippen LogP contribution in [0.4, 0.5) is 18.9 Å². The van der Waals surface area contributed by atoms with Crippen LogP contribution in [0.1, 0.15) is 22.5 Å². The number of rotatable bonds is 6. The summed E-state index contributed by atoms with van der Waals surface area (Å²) in [5.74, 6) is -1.28. The minimum Gasteiger partial charge on any atom is -0.350 e. The number of benzene rings is 2. The summed E-state index contributed by atoms with van der Waals surface area (Å²) in [6.07, 6.45) is -4.77. The first-order valence-corrected chi connectivity index (χ1v) is 8.83. The Labute approximate surface area is 164 Å². The minimum atomic E-state index is -4.69. The number of hydrogen-bond acceptors (Lipinski definition) is 2. The molecule has 5 nitrogen and oxygen atoms in total. The van der Waals surface area contributed by atoms with Crippen LogP contribution in [0.3, 0.4) is 0 Å². The maximum absolute atomic E-state index is 13.4. The number of carbonyl (C=O) groups is 2. The molecule has 0 unspecified atom stereocenters. The third kappa shape index (κ3) is 5.25. The summed E-state index contributed by atoms with van der Waals surface area (Å²) in [4.78, 5) is 26.8. The van der Waals surface area contributed by atoms with Crippen LogP contribution < -0.4 is 10.6 Å². The molecule has 0 radical (unpaired) electrons. The number of hydrogen-bond donors (Lipinski definition) is 3. The van der Waals surface area contributed by atoms with Crippen molar-refractivity contribution >= 4 is 17.5 Å². The van der Waals surface area contributed by atoms with Crippen LogP contribution in [0.5, 0.6) is 0 Å². The van der Waals surface area contributed by atoms with Gasteiger partial charge in [-0.3, -0.25) is 9.59 Å². The van der Waals surface area contributed by atoms with Crippen molar-refractivity contribution in [1.29, 1.82) is 0 Å². The van der Waals surface area contributed by atoms with E-state index in [2.05, 4.69) is 15.6 Å². The summed E-state index contributed by atoms with van der Waals surface area (Å²) in [6.45, 7) is -0.103. The summed E-state index contributed by atoms with van der Waals surface area (Å²) < 4.78 is 40.1. The van der Waals surface area contributed by atoms with Gasteiger partial charge in [-0.05, 0) is 23.8 Å². The SMILES string of the molecule is O=C(CCNC(=O)c1[nH]c(-c2ccccc2)cc1C(F)(F)F)Nc1ccccc1. The van der Waals surface area contributed by atoms with Gasteiger partial charge in [0.05, 0.1) is 5.56 Å². The molecule has 3 aromatic rings. The zero-order valence-corrected chi connectivity index (χ0v) is 15.2. The van der Waals surface area contributed by atoms with E-state index in [0.717, 1.165) is 6.07 Å². The molecule has 0 atom stereocenters. The van der Waals surface area contributed by atoms with Crippen molar-refractivity contribution in [2.45, 2.75) is 12.6 Å². The molecule has 0 aliphatic rings. The number of alkyl halides is 3. The number of nitrogens with one attached hydrogen (secondary N) is 3. The first-order valence-electron chi connectivity index (χ1n) is 8.83. The van der Waals surface area contributed by atoms with E-state index < -0.39 is 23.3 Å². The van der Waals surface area contributed by atoms with Gasteiger partial charge in [0.1, 0.15) is 5.69 Å². The Morgan fingerprint density at radius 1 is 0.931 bits per heavy atom. The number of anilines is 1. The predicted molar refractivity (Wildman–Crippen MR) is 103 cm³/mol. The van der Waals surface area contributed by atoms with Gasteiger partial charge in [0.2, 0.25) is 5.91 Å². The Balaban J connectivity index is 1.67. The lowest BCUT2D eigenvalue weighted by molar-refractivity contribution is -0.137. The molecule has 3 N–H and O–H groups in total. The number of halogens is 3. The molecule has 0 fully saturated rings. The van der Waals surface area contributed by atoms with Gasteiger partial charge < -0.3 is 15.6 Å². The molecule has 3 rings (SSSR count). The standard InChI is InChI=1S/C21H18F3N3O2/c22-21(23,24)16-13-17(14-7-3-1-4-8-14)27-19(16)20(29)25-12-11-18(28)26-15-9-5-2-6-10-15/h1-10,13,27H,11-12H2,(H,25,29)(H,26,28). The topological polar surface area (TPSA) is 74.0 Å². The van der Waals surface area contributed by atoms with Crippen molar-refractivity contribution in [2.24, 2.45) is 0 Å². The van der Waals surface area contributed by atoms with Crippen LogP contribution in [0, 0.1) is 0 Å². The lowest BCUT2D eigenvalue weighted by atomic mass is 10.1. The smallest absolute Gasteiger partial charge is 0.350 e. The highest BCUT2D eigenvalue weighted by atomic mass is 19.4. The summed E-state index contributed by atoms with van der Waals surface area (Å²) in [5, 5.41) is 5.00. The molecule has 0 saturated heterocycles. The Bertz CT molecular complexity index is 983. The lowest BCUT2D eigenvalue weighted by Gasteiger charge is -2.09. The van der Waals surface area contributed by atoms with E-state index in [1.165, 1.54) is 0 Å². The van der Waals surface area contributed by atoms with E-state index in [9.17, 15) is 22.8 Å². The van der Waals surface area contributed by atoms with Gasteiger partial charge in [-0.1, -0.05) is 48.5 Å². The summed E-state index contributed by atoms with van der Waals surface area (Å²) in [5.41, 5.74) is -0.327. The average molecular weight is 401 g/mol. The number of carbonyl (C=O) groups excluding carboxylic acids is 2. The van der Waals surface area contributed by atoms with E-state index in [0.29, 0.717) is 11.3 Å². The molecular formula is C21H18F3N3O2. The quantitative estimate of drug-likeness (QED) is 0.571. The Morgan fingerprint density at radius 3 is 2.17 bits per heavy atom. The highest BCUT2D eigenvalue weighted by Crippen LogP contribution is 2.35. The molecule has 2 amide bonds. The van der Waals surface area contributed by atoms with Crippen LogP contribution in [0.2, 0.25) is 0 Å². The molecule has 2 aromatic carbocycles. The summed E-state index contributed by atoms with van der Waals surface area (Å²) in [6, 6.07) is 18.0. The first kappa shape index (κ1) is 20.2. The third-order valence-corrected chi connectivity index (χ3v) is 4.13. The largest absolute Gasteiger partial charge is 0.418 e. The van der Waals surface area contributed by atoms with Gasteiger partial charge in [0.15, 0.2) is 0 Å². The fourth-order valence-corrected chi connectivity index (χ4v) is 2.75. The van der Waals surface area contributed by atoms with Gasteiger partial charge in [-0.2, -0.15) is 13.2 Å². The van der Waals surface area contributed by atoms with Crippen molar-refractivity contribution in [3.63, 3.8) is 0 Å². The highest BCUT2D eigenvalue weighted by Gasteiger charge is 2.37. The fourth-order valence-electron chi connectivity index (χ4n) is 2.75. The van der Waals surface area contributed by atoms with Gasteiger partial charge in [-0.15, -0.1) is 0 Å². The van der Waals surface area contributed by atoms with E-state index in [1.54, 1.807) is 60.7 Å². The Hall–Kier alpha value is -3.55. The van der Waals surface area contributed by atoms with Crippen molar-refractivity contribution in [3.05, 3.63) is 78.0 Å². The van der Waals surface area contributed by atoms with Crippen LogP contribution in [0.25, 0.3) is 11.3 Å². The van der Waals surface area contributed by atoms with Crippen LogP contribution in [-0.2, 0) is 11.0 Å². The maximum Gasteiger partial charge on any atom is 0.418 e. The highest BCUT2D eigenvalue weighted by molar-refractivity contribution is 5.96. The number of H-pyrrole nitrogens is 1. The first-order chi connectivity index (χ1) is 13.8. The second-order valence-corrected chi connectivity index (χ2v) is 6.26. The molecule has 150 valence electrons. The predicted octanol–water partition coefficient (Wildman–Crippen LogP) is 4.46. The van der Waals surface area contributed by atoms with Crippen LogP contribution in [0.15, 0.2) is 66.7 Å². The molecular weight excluding hydrogens is 383 g/mol. The van der Waals surface area contributed by atoms with E-state index in [1.807, 2.05) is 0 Å². The fraction of sp³-hybridized carbons (Fsp3) is 0.143. The summed E-state index contributed by atoms with van der Waals surface area (Å²) in [7, 11) is 0. The van der Waals surface area contributed by atoms with Crippen LogP contribution >= 0.6 is 0 Å². The average Bonchev–Trinajstić information content (AvgIpc) is 3.15. The molecule has 0 saturated carbocycles. The van der Waals surface area contributed by atoms with Gasteiger partial charge >= 0.3 is 6.18 Å².